The molecular formula is C16H20INO5S. The van der Waals surface area contributed by atoms with Gasteiger partial charge in [0.05, 0.1) is 20.8 Å². The van der Waals surface area contributed by atoms with Crippen LogP contribution >= 0.6 is 30.3 Å². The fourth-order valence-corrected chi connectivity index (χ4v) is 4.57. The highest BCUT2D eigenvalue weighted by Crippen LogP contribution is 2.50. The van der Waals surface area contributed by atoms with Gasteiger partial charge in [0.25, 0.3) is 0 Å². The van der Waals surface area contributed by atoms with Gasteiger partial charge in [0, 0.05) is 34.2 Å². The Balaban J connectivity index is 2.61. The largest absolute Gasteiger partial charge is 0.468 e. The molecule has 0 unspecified atom stereocenters. The summed E-state index contributed by atoms with van der Waals surface area (Å²) in [5.41, 5.74) is 1.94. The van der Waals surface area contributed by atoms with Gasteiger partial charge >= 0.3 is 11.9 Å². The summed E-state index contributed by atoms with van der Waals surface area (Å²) >= 11 is 2.15. The zero-order chi connectivity index (χ0) is 18.1. The third-order valence-electron chi connectivity index (χ3n) is 4.69. The molecule has 8 heteroatoms. The number of carbonyl (C=O) groups excluding carboxylic acids is 3. The van der Waals surface area contributed by atoms with Crippen molar-refractivity contribution in [3.63, 3.8) is 0 Å². The van der Waals surface area contributed by atoms with Crippen LogP contribution in [0.4, 0.5) is 0 Å². The average Bonchev–Trinajstić information content (AvgIpc) is 2.99. The van der Waals surface area contributed by atoms with Gasteiger partial charge in [-0.3, -0.25) is 14.4 Å². The van der Waals surface area contributed by atoms with Gasteiger partial charge in [-0.15, -0.1) is 0 Å². The first-order valence-corrected chi connectivity index (χ1v) is 10.7. The lowest BCUT2D eigenvalue weighted by Crippen LogP contribution is -2.38. The van der Waals surface area contributed by atoms with E-state index in [1.807, 2.05) is 11.2 Å². The van der Waals surface area contributed by atoms with Crippen molar-refractivity contribution in [3.8, 4) is 0 Å². The molecule has 1 fully saturated rings. The highest BCUT2D eigenvalue weighted by atomic mass is 127. The number of ether oxygens (including phenoxy) is 2. The molecule has 0 N–H and O–H groups in total. The molecule has 1 aliphatic heterocycles. The van der Waals surface area contributed by atoms with Crippen LogP contribution in [0.25, 0.3) is 0 Å². The molecular weight excluding hydrogens is 445 g/mol. The first-order chi connectivity index (χ1) is 11.3. The molecule has 1 aliphatic carbocycles. The minimum absolute atomic E-state index is 0.00435. The number of methoxy groups -OCH3 is 2. The Morgan fingerprint density at radius 1 is 1.08 bits per heavy atom. The van der Waals surface area contributed by atoms with Gasteiger partial charge in [0.1, 0.15) is 0 Å². The Morgan fingerprint density at radius 3 is 2.12 bits per heavy atom. The average molecular weight is 465 g/mol. The van der Waals surface area contributed by atoms with Crippen molar-refractivity contribution < 1.29 is 23.9 Å². The highest BCUT2D eigenvalue weighted by molar-refractivity contribution is 14.2. The smallest absolute Gasteiger partial charge is 0.323 e. The fraction of sp³-hybridized carbons (Fsp3) is 0.562. The molecule has 0 aromatic carbocycles. The molecule has 0 amide bonds. The van der Waals surface area contributed by atoms with Crippen molar-refractivity contribution >= 4 is 48.0 Å². The molecule has 0 aromatic heterocycles. The number of esters is 2. The molecule has 0 aromatic rings. The number of rotatable bonds is 3. The van der Waals surface area contributed by atoms with Crippen molar-refractivity contribution in [1.82, 2.24) is 4.31 Å². The third-order valence-corrected chi connectivity index (χ3v) is 6.82. The second kappa shape index (κ2) is 7.57. The standard InChI is InChI=1S/C16H20INO5S/c1-9-7-18(24-17)8-13(19)10(2)12-6-16(5-11(9)12,14(20)22-3)15(21)23-4/h5-8H2,1-4H3. The predicted molar refractivity (Wildman–Crippen MR) is 99.3 cm³/mol. The number of allylic oxidation sites excluding steroid dienone is 2. The molecule has 2 aliphatic rings. The second-order valence-corrected chi connectivity index (χ2v) is 7.91. The van der Waals surface area contributed by atoms with E-state index in [1.165, 1.54) is 23.3 Å². The van der Waals surface area contributed by atoms with Gasteiger partial charge in [-0.25, -0.2) is 4.31 Å². The Morgan fingerprint density at radius 2 is 1.62 bits per heavy atom. The molecule has 0 saturated heterocycles. The maximum atomic E-state index is 12.5. The van der Waals surface area contributed by atoms with Crippen molar-refractivity contribution in [2.45, 2.75) is 26.7 Å². The number of halogens is 1. The lowest BCUT2D eigenvalue weighted by molar-refractivity contribution is -0.168. The maximum Gasteiger partial charge on any atom is 0.323 e. The number of fused-ring (bicyclic) bond motifs is 1. The molecule has 0 atom stereocenters. The molecule has 2 rings (SSSR count). The van der Waals surface area contributed by atoms with Crippen LogP contribution in [0.5, 0.6) is 0 Å². The van der Waals surface area contributed by atoms with Crippen LogP contribution < -0.4 is 0 Å². The number of hydrogen-bond acceptors (Lipinski definition) is 7. The monoisotopic (exact) mass is 465 g/mol. The molecule has 0 bridgehead atoms. The third kappa shape index (κ3) is 3.28. The number of Topliss-reactive ketones (excluding diaryl/α,β-unsaturated/α-hetero) is 1. The van der Waals surface area contributed by atoms with Crippen molar-refractivity contribution in [2.24, 2.45) is 5.41 Å². The Bertz CT molecular complexity index is 639. The zero-order valence-electron chi connectivity index (χ0n) is 14.1. The van der Waals surface area contributed by atoms with Crippen LogP contribution in [0.3, 0.4) is 0 Å². The summed E-state index contributed by atoms with van der Waals surface area (Å²) in [6, 6.07) is 0. The number of hydrogen-bond donors (Lipinski definition) is 0. The molecule has 1 saturated carbocycles. The minimum Gasteiger partial charge on any atom is -0.468 e. The topological polar surface area (TPSA) is 72.9 Å². The number of carbonyl (C=O) groups is 3. The Labute approximate surface area is 157 Å². The van der Waals surface area contributed by atoms with Crippen LogP contribution in [0.15, 0.2) is 22.3 Å². The van der Waals surface area contributed by atoms with Crippen molar-refractivity contribution in [2.75, 3.05) is 27.3 Å². The van der Waals surface area contributed by atoms with Gasteiger partial charge in [-0.2, -0.15) is 0 Å². The minimum atomic E-state index is -1.40. The highest BCUT2D eigenvalue weighted by Gasteiger charge is 2.55. The number of nitrogens with zero attached hydrogens (tertiary/aromatic N) is 1. The van der Waals surface area contributed by atoms with E-state index >= 15 is 0 Å². The molecule has 24 heavy (non-hydrogen) atoms. The summed E-state index contributed by atoms with van der Waals surface area (Å²) in [5, 5.41) is 0. The van der Waals surface area contributed by atoms with Gasteiger partial charge < -0.3 is 9.47 Å². The summed E-state index contributed by atoms with van der Waals surface area (Å²) in [4.78, 5) is 37.3. The van der Waals surface area contributed by atoms with E-state index in [0.717, 1.165) is 16.7 Å². The van der Waals surface area contributed by atoms with Gasteiger partial charge in [-0.05, 0) is 46.1 Å². The van der Waals surface area contributed by atoms with E-state index in [1.54, 1.807) is 6.92 Å². The summed E-state index contributed by atoms with van der Waals surface area (Å²) in [5.74, 6) is -1.23. The van der Waals surface area contributed by atoms with E-state index < -0.39 is 17.4 Å². The quantitative estimate of drug-likeness (QED) is 0.275. The summed E-state index contributed by atoms with van der Waals surface area (Å²) in [6.45, 7) is 4.64. The summed E-state index contributed by atoms with van der Waals surface area (Å²) in [7, 11) is 3.99. The van der Waals surface area contributed by atoms with E-state index in [-0.39, 0.29) is 18.6 Å². The van der Waals surface area contributed by atoms with Crippen LogP contribution in [0, 0.1) is 5.41 Å². The van der Waals surface area contributed by atoms with Crippen molar-refractivity contribution in [1.29, 1.82) is 0 Å². The van der Waals surface area contributed by atoms with E-state index in [4.69, 9.17) is 9.47 Å². The SMILES string of the molecule is COC(=O)C1(C(=O)OC)CC2=C(C)CN(SI)CC(=O)C(C)=C2C1. The van der Waals surface area contributed by atoms with Crippen molar-refractivity contribution in [3.05, 3.63) is 22.3 Å². The van der Waals surface area contributed by atoms with Crippen LogP contribution in [-0.4, -0.2) is 49.3 Å². The normalized spacial score (nSPS) is 21.3. The van der Waals surface area contributed by atoms with Crippen LogP contribution in [-0.2, 0) is 23.9 Å². The maximum absolute atomic E-state index is 12.5. The van der Waals surface area contributed by atoms with Crippen LogP contribution in [0.1, 0.15) is 26.7 Å². The van der Waals surface area contributed by atoms with E-state index in [0.29, 0.717) is 18.7 Å². The molecule has 132 valence electrons. The Hall–Kier alpha value is -0.870. The van der Waals surface area contributed by atoms with Crippen LogP contribution in [0.2, 0.25) is 0 Å². The fourth-order valence-electron chi connectivity index (χ4n) is 3.32. The predicted octanol–water partition coefficient (Wildman–Crippen LogP) is 2.63. The first-order valence-electron chi connectivity index (χ1n) is 7.43. The van der Waals surface area contributed by atoms with Gasteiger partial charge in [0.2, 0.25) is 0 Å². The van der Waals surface area contributed by atoms with E-state index in [9.17, 15) is 14.4 Å². The van der Waals surface area contributed by atoms with Gasteiger partial charge in [-0.1, -0.05) is 5.57 Å². The summed E-state index contributed by atoms with van der Waals surface area (Å²) < 4.78 is 11.7. The first kappa shape index (κ1) is 19.5. The lowest BCUT2D eigenvalue weighted by atomic mass is 9.85. The zero-order valence-corrected chi connectivity index (χ0v) is 17.1. The Kier molecular flexibility index (Phi) is 6.14. The molecule has 6 nitrogen and oxygen atoms in total. The molecule has 0 radical (unpaired) electrons. The molecule has 1 heterocycles. The second-order valence-electron chi connectivity index (χ2n) is 6.07. The number of ketones is 1. The van der Waals surface area contributed by atoms with E-state index in [2.05, 4.69) is 21.2 Å². The summed E-state index contributed by atoms with van der Waals surface area (Å²) in [6.07, 6.45) is 0.353. The van der Waals surface area contributed by atoms with Gasteiger partial charge in [0.15, 0.2) is 11.2 Å². The molecule has 0 spiro atoms. The lowest BCUT2D eigenvalue weighted by Gasteiger charge is -2.23.